The number of primary amides is 3. The monoisotopic (exact) mass is 1400 g/mol. The van der Waals surface area contributed by atoms with E-state index in [-0.39, 0.29) is 44.0 Å². The number of para-hydroxylation sites is 2. The Morgan fingerprint density at radius 1 is 0.490 bits per heavy atom. The van der Waals surface area contributed by atoms with Crippen molar-refractivity contribution in [3.63, 3.8) is 0 Å². The van der Waals surface area contributed by atoms with Crippen LogP contribution in [0.3, 0.4) is 0 Å². The molecule has 0 spiro atoms. The van der Waals surface area contributed by atoms with Crippen molar-refractivity contribution >= 4 is 133 Å². The molecule has 0 fully saturated rings. The molecular formula is C65H83N19O15S. The number of rotatable bonds is 33. The predicted octanol–water partition coefficient (Wildman–Crippen LogP) is -0.829. The van der Waals surface area contributed by atoms with E-state index in [9.17, 15) is 72.2 Å². The fraction of sp³-hybridized carbons (Fsp3) is 0.369. The molecule has 0 aliphatic carbocycles. The zero-order valence-corrected chi connectivity index (χ0v) is 56.0. The Labute approximate surface area is 576 Å². The number of imide groups is 3. The van der Waals surface area contributed by atoms with Crippen LogP contribution in [0.5, 0.6) is 0 Å². The van der Waals surface area contributed by atoms with Gasteiger partial charge in [0, 0.05) is 59.5 Å². The van der Waals surface area contributed by atoms with Gasteiger partial charge < -0.3 is 85.9 Å². The van der Waals surface area contributed by atoms with Gasteiger partial charge in [-0.15, -0.1) is 0 Å². The molecule has 0 radical (unpaired) electrons. The predicted molar refractivity (Wildman–Crippen MR) is 368 cm³/mol. The highest BCUT2D eigenvalue weighted by Crippen LogP contribution is 2.23. The minimum atomic E-state index is -1.95. The SMILES string of the molecule is CC(C)[C@H](NC(=O)[C@H](Cc1c[nH]c2ccccc12)NC(=O)NC(=O)[C@@H](NC(=O)[C@@H](C)Cc1c[nH]c2ccccc12)C(C)C)C(=O)N[C@@H](SC(=O)N[C@@H](Cc1ccc2ccccc2c1)C(=O)N[C@@H](CCCNC(=N)N)C(=O)N[C@@H](CO)C(=O)NC(=O)NC(=O)N[C@@H](CC(N)=O)C(N)=O)C(N)=O. The van der Waals surface area contributed by atoms with Gasteiger partial charge in [0.2, 0.25) is 41.4 Å². The second-order valence-electron chi connectivity index (χ2n) is 24.1. The summed E-state index contributed by atoms with van der Waals surface area (Å²) in [6, 6.07) is 11.8. The number of H-pyrrole nitrogens is 2. The van der Waals surface area contributed by atoms with Crippen LogP contribution in [0.15, 0.2) is 103 Å². The van der Waals surface area contributed by atoms with Gasteiger partial charge in [0.15, 0.2) is 11.3 Å². The highest BCUT2D eigenvalue weighted by atomic mass is 32.2. The summed E-state index contributed by atoms with van der Waals surface area (Å²) < 4.78 is 0. The van der Waals surface area contributed by atoms with Crippen molar-refractivity contribution in [2.45, 2.75) is 121 Å². The molecule has 9 atom stereocenters. The van der Waals surface area contributed by atoms with Crippen LogP contribution in [0.1, 0.15) is 70.6 Å². The number of carbonyl (C=O) groups is 14. The lowest BCUT2D eigenvalue weighted by Gasteiger charge is -2.27. The van der Waals surface area contributed by atoms with E-state index in [0.29, 0.717) is 28.5 Å². The van der Waals surface area contributed by atoms with Crippen LogP contribution >= 0.6 is 11.8 Å². The minimum absolute atomic E-state index is 0.00428. The lowest BCUT2D eigenvalue weighted by molar-refractivity contribution is -0.133. The van der Waals surface area contributed by atoms with Crippen LogP contribution in [0.2, 0.25) is 0 Å². The van der Waals surface area contributed by atoms with Crippen LogP contribution in [0.25, 0.3) is 32.6 Å². The summed E-state index contributed by atoms with van der Waals surface area (Å²) in [4.78, 5) is 194. The van der Waals surface area contributed by atoms with Crippen molar-refractivity contribution in [3.05, 3.63) is 120 Å². The van der Waals surface area contributed by atoms with Gasteiger partial charge in [-0.3, -0.25) is 74.1 Å². The first-order valence-corrected chi connectivity index (χ1v) is 32.5. The molecule has 34 nitrogen and oxygen atoms in total. The van der Waals surface area contributed by atoms with Crippen LogP contribution in [-0.2, 0) is 67.2 Å². The molecule has 2 aromatic heterocycles. The smallest absolute Gasteiger partial charge is 0.329 e. The maximum Gasteiger partial charge on any atom is 0.329 e. The number of urea groups is 3. The summed E-state index contributed by atoms with van der Waals surface area (Å²) >= 11 is 0.130. The van der Waals surface area contributed by atoms with Crippen molar-refractivity contribution in [3.8, 4) is 0 Å². The molecule has 6 aromatic rings. The molecule has 0 saturated carbocycles. The average molecular weight is 1400 g/mol. The Kier molecular flexibility index (Phi) is 28.4. The van der Waals surface area contributed by atoms with E-state index in [2.05, 4.69) is 57.8 Å². The van der Waals surface area contributed by atoms with E-state index >= 15 is 0 Å². The molecule has 35 heteroatoms. The third-order valence-electron chi connectivity index (χ3n) is 15.7. The maximum absolute atomic E-state index is 14.6. The van der Waals surface area contributed by atoms with Crippen LogP contribution in [-0.4, -0.2) is 164 Å². The molecule has 4 aromatic carbocycles. The van der Waals surface area contributed by atoms with Crippen molar-refractivity contribution in [2.75, 3.05) is 13.2 Å². The molecule has 0 unspecified atom stereocenters. The van der Waals surface area contributed by atoms with Gasteiger partial charge in [-0.2, -0.15) is 0 Å². The van der Waals surface area contributed by atoms with Crippen molar-refractivity contribution in [1.82, 2.24) is 73.8 Å². The topological polar surface area (TPSA) is 563 Å². The fourth-order valence-electron chi connectivity index (χ4n) is 10.4. The number of thioether (sulfide) groups is 1. The third kappa shape index (κ3) is 23.0. The number of hydrogen-bond acceptors (Lipinski definition) is 17. The lowest BCUT2D eigenvalue weighted by Crippen LogP contribution is -2.60. The number of carbonyl (C=O) groups excluding carboxylic acids is 14. The molecule has 0 aliphatic heterocycles. The van der Waals surface area contributed by atoms with Crippen LogP contribution < -0.4 is 86.7 Å². The summed E-state index contributed by atoms with van der Waals surface area (Å²) in [6.07, 6.45) is 2.24. The zero-order valence-electron chi connectivity index (χ0n) is 55.2. The quantitative estimate of drug-likeness (QED) is 0.0103. The molecule has 534 valence electrons. The summed E-state index contributed by atoms with van der Waals surface area (Å²) in [5.74, 6) is -12.7. The first-order chi connectivity index (χ1) is 47.4. The normalized spacial score (nSPS) is 13.8. The average Bonchev–Trinajstić information content (AvgIpc) is 1.66. The van der Waals surface area contributed by atoms with E-state index in [1.54, 1.807) is 112 Å². The van der Waals surface area contributed by atoms with E-state index in [1.807, 2.05) is 41.8 Å². The van der Waals surface area contributed by atoms with Gasteiger partial charge >= 0.3 is 18.1 Å². The van der Waals surface area contributed by atoms with Gasteiger partial charge in [-0.25, -0.2) is 14.4 Å². The van der Waals surface area contributed by atoms with E-state index in [4.69, 9.17) is 28.3 Å². The second-order valence-corrected chi connectivity index (χ2v) is 25.2. The molecular weight excluding hydrogens is 1320 g/mol. The largest absolute Gasteiger partial charge is 0.394 e. The van der Waals surface area contributed by atoms with Crippen molar-refractivity contribution in [1.29, 1.82) is 5.41 Å². The Morgan fingerprint density at radius 2 is 1.01 bits per heavy atom. The number of guanidine groups is 1. The molecule has 0 saturated heterocycles. The highest BCUT2D eigenvalue weighted by molar-refractivity contribution is 8.14. The zero-order chi connectivity index (χ0) is 73.5. The van der Waals surface area contributed by atoms with Crippen molar-refractivity contribution in [2.24, 2.45) is 40.7 Å². The van der Waals surface area contributed by atoms with E-state index < -0.39 is 167 Å². The number of nitrogens with two attached hydrogens (primary N) is 4. The first-order valence-electron chi connectivity index (χ1n) is 31.6. The van der Waals surface area contributed by atoms with Gasteiger partial charge in [-0.1, -0.05) is 113 Å². The number of hydrogen-bond donors (Lipinski definition) is 20. The highest BCUT2D eigenvalue weighted by Gasteiger charge is 2.36. The van der Waals surface area contributed by atoms with Crippen molar-refractivity contribution < 1.29 is 72.2 Å². The maximum atomic E-state index is 14.6. The lowest BCUT2D eigenvalue weighted by atomic mass is 9.97. The first kappa shape index (κ1) is 77.4. The van der Waals surface area contributed by atoms with Gasteiger partial charge in [0.05, 0.1) is 13.0 Å². The fourth-order valence-corrected chi connectivity index (χ4v) is 11.1. The Hall–Kier alpha value is -11.6. The number of benzene rings is 4. The summed E-state index contributed by atoms with van der Waals surface area (Å²) in [7, 11) is 0. The number of aliphatic hydroxyl groups is 1. The number of aliphatic hydroxyl groups excluding tert-OH is 1. The molecule has 24 N–H and O–H groups in total. The van der Waals surface area contributed by atoms with Gasteiger partial charge in [0.1, 0.15) is 42.3 Å². The molecule has 0 bridgehead atoms. The van der Waals surface area contributed by atoms with E-state index in [0.717, 1.165) is 27.2 Å². The minimum Gasteiger partial charge on any atom is -0.394 e. The Balaban J connectivity index is 1.17. The van der Waals surface area contributed by atoms with Crippen LogP contribution in [0, 0.1) is 23.2 Å². The summed E-state index contributed by atoms with van der Waals surface area (Å²) in [6.45, 7) is 6.94. The number of aromatic amines is 2. The standard InChI is InChI=1S/C65H83N19O15S/c1-31(2)49(80-56(92)46(26-38-29-73-42-18-11-9-16-40(38)42)77-62(96)83-59(95)50(32(3)4)79-53(89)33(5)23-37-28-72-41-17-10-8-15-39(37)41)58(94)81-60(52(68)88)100-65(99)78-45(25-34-20-21-35-13-6-7-14-36(35)24-34)55(91)74-43(19-12-22-71-61(69)70)54(90)75-47(30-85)57(93)82-64(98)84-63(97)76-44(51(67)87)27-48(66)86/h6-11,13-18,20-21,24,28-29,31-33,43-47,49-50,60,72-73,85H,12,19,22-23,25-27,30H2,1-5H3,(H2,66,86)(H2,67,87)(H2,68,88)(H,74,91)(H,75,90)(H,78,99)(H,79,89)(H,80,92)(H,81,94)(H4,69,70,71)(H2,77,83,95,96)(H3,76,82,84,93,97,98)/t33-,43-,44-,45-,46-,47-,49-,50-,60-/m0/s1. The number of nitrogens with one attached hydrogen (secondary N) is 15. The molecule has 17 amide bonds. The number of amides is 17. The molecule has 6 rings (SSSR count). The van der Waals surface area contributed by atoms with Gasteiger partial charge in [-0.05, 0) is 82.5 Å². The van der Waals surface area contributed by atoms with Crippen LogP contribution in [0.4, 0.5) is 19.2 Å². The second kappa shape index (κ2) is 36.6. The third-order valence-corrected chi connectivity index (χ3v) is 16.6. The Morgan fingerprint density at radius 3 is 1.60 bits per heavy atom. The molecule has 0 aliphatic rings. The summed E-state index contributed by atoms with van der Waals surface area (Å²) in [5.41, 5.74) is 24.9. The number of aromatic nitrogens is 2. The molecule has 100 heavy (non-hydrogen) atoms. The molecule has 2 heterocycles. The van der Waals surface area contributed by atoms with Gasteiger partial charge in [0.25, 0.3) is 23.0 Å². The Bertz CT molecular complexity index is 4050. The summed E-state index contributed by atoms with van der Waals surface area (Å²) in [5, 5.41) is 45.4. The van der Waals surface area contributed by atoms with E-state index in [1.165, 1.54) is 0 Å². The number of fused-ring (bicyclic) bond motifs is 3.